The third kappa shape index (κ3) is 15.1. The molecule has 1 amide bonds. The van der Waals surface area contributed by atoms with Gasteiger partial charge in [-0.3, -0.25) is 9.78 Å². The number of nitrogens with zero attached hydrogens (tertiary/aromatic N) is 1. The summed E-state index contributed by atoms with van der Waals surface area (Å²) in [5.41, 5.74) is 0.912. The molecule has 27 heavy (non-hydrogen) atoms. The number of allylic oxidation sites excluding steroid dienone is 2. The van der Waals surface area contributed by atoms with E-state index in [1.54, 1.807) is 6.20 Å². The Morgan fingerprint density at radius 2 is 1.52 bits per heavy atom. The lowest BCUT2D eigenvalue weighted by Crippen LogP contribution is -2.22. The van der Waals surface area contributed by atoms with Gasteiger partial charge in [0.2, 0.25) is 5.91 Å². The molecule has 1 rings (SSSR count). The molecule has 0 atom stereocenters. The molecule has 0 radical (unpaired) electrons. The Bertz CT molecular complexity index is 484. The molecule has 1 aromatic rings. The molecule has 0 bridgehead atoms. The lowest BCUT2D eigenvalue weighted by Gasteiger charge is -2.04. The van der Waals surface area contributed by atoms with Crippen molar-refractivity contribution in [2.75, 3.05) is 0 Å². The summed E-state index contributed by atoms with van der Waals surface area (Å²) in [4.78, 5) is 16.0. The van der Waals surface area contributed by atoms with Crippen molar-refractivity contribution < 1.29 is 4.79 Å². The van der Waals surface area contributed by atoms with E-state index in [0.29, 0.717) is 13.0 Å². The lowest BCUT2D eigenvalue weighted by atomic mass is 10.1. The van der Waals surface area contributed by atoms with Crippen LogP contribution in [0.4, 0.5) is 0 Å². The summed E-state index contributed by atoms with van der Waals surface area (Å²) in [5, 5.41) is 2.94. The largest absolute Gasteiger partial charge is 0.350 e. The fraction of sp³-hybridized carbons (Fsp3) is 0.667. The zero-order valence-corrected chi connectivity index (χ0v) is 17.4. The fourth-order valence-electron chi connectivity index (χ4n) is 3.14. The van der Waals surface area contributed by atoms with Gasteiger partial charge in [0.1, 0.15) is 0 Å². The third-order valence-corrected chi connectivity index (χ3v) is 4.86. The average Bonchev–Trinajstić information content (AvgIpc) is 2.70. The van der Waals surface area contributed by atoms with E-state index in [4.69, 9.17) is 0 Å². The summed E-state index contributed by atoms with van der Waals surface area (Å²) in [6.45, 7) is 2.80. The third-order valence-electron chi connectivity index (χ3n) is 4.86. The maximum Gasteiger partial charge on any atom is 0.220 e. The number of carbonyl (C=O) groups is 1. The molecule has 152 valence electrons. The van der Waals surface area contributed by atoms with E-state index < -0.39 is 0 Å². The molecule has 0 saturated carbocycles. The molecule has 0 aliphatic rings. The molecule has 3 nitrogen and oxygen atoms in total. The number of amides is 1. The van der Waals surface area contributed by atoms with Crippen LogP contribution < -0.4 is 5.32 Å². The molecule has 0 saturated heterocycles. The van der Waals surface area contributed by atoms with Crippen molar-refractivity contribution in [1.82, 2.24) is 10.3 Å². The minimum atomic E-state index is 0.137. The summed E-state index contributed by atoms with van der Waals surface area (Å²) in [5.74, 6) is 0.137. The zero-order valence-electron chi connectivity index (χ0n) is 17.4. The highest BCUT2D eigenvalue weighted by Gasteiger charge is 2.01. The predicted molar refractivity (Wildman–Crippen MR) is 116 cm³/mol. The van der Waals surface area contributed by atoms with Crippen molar-refractivity contribution >= 4 is 5.91 Å². The smallest absolute Gasteiger partial charge is 0.220 e. The number of hydrogen-bond acceptors (Lipinski definition) is 2. The van der Waals surface area contributed by atoms with Gasteiger partial charge in [-0.2, -0.15) is 0 Å². The van der Waals surface area contributed by atoms with E-state index in [0.717, 1.165) is 18.5 Å². The summed E-state index contributed by atoms with van der Waals surface area (Å²) in [6.07, 6.45) is 23.8. The van der Waals surface area contributed by atoms with Crippen LogP contribution in [0.15, 0.2) is 36.5 Å². The summed E-state index contributed by atoms with van der Waals surface area (Å²) >= 11 is 0. The normalized spacial score (nSPS) is 11.1. The van der Waals surface area contributed by atoms with Crippen LogP contribution in [0, 0.1) is 0 Å². The first-order valence-electron chi connectivity index (χ1n) is 11.1. The summed E-state index contributed by atoms with van der Waals surface area (Å²) < 4.78 is 0. The number of hydrogen-bond donors (Lipinski definition) is 1. The van der Waals surface area contributed by atoms with Gasteiger partial charge >= 0.3 is 0 Å². The molecule has 0 unspecified atom stereocenters. The number of pyridine rings is 1. The highest BCUT2D eigenvalue weighted by molar-refractivity contribution is 5.75. The van der Waals surface area contributed by atoms with Crippen molar-refractivity contribution in [3.05, 3.63) is 42.2 Å². The number of nitrogens with one attached hydrogen (secondary N) is 1. The molecule has 0 fully saturated rings. The number of unbranched alkanes of at least 4 members (excludes halogenated alkanes) is 11. The average molecular weight is 373 g/mol. The second-order valence-corrected chi connectivity index (χ2v) is 7.43. The Balaban J connectivity index is 1.82. The maximum atomic E-state index is 11.8. The Labute approximate surface area is 167 Å². The van der Waals surface area contributed by atoms with Gasteiger partial charge in [0.25, 0.3) is 0 Å². The highest BCUT2D eigenvalue weighted by Crippen LogP contribution is 2.10. The van der Waals surface area contributed by atoms with E-state index in [9.17, 15) is 4.79 Å². The van der Waals surface area contributed by atoms with Gasteiger partial charge in [-0.1, -0.05) is 76.5 Å². The quantitative estimate of drug-likeness (QED) is 0.243. The van der Waals surface area contributed by atoms with Crippen LogP contribution in [0.5, 0.6) is 0 Å². The molecule has 1 heterocycles. The fourth-order valence-corrected chi connectivity index (χ4v) is 3.14. The second-order valence-electron chi connectivity index (χ2n) is 7.43. The van der Waals surface area contributed by atoms with Gasteiger partial charge in [-0.05, 0) is 44.2 Å². The van der Waals surface area contributed by atoms with Gasteiger partial charge < -0.3 is 5.32 Å². The van der Waals surface area contributed by atoms with Crippen LogP contribution in [-0.4, -0.2) is 10.9 Å². The summed E-state index contributed by atoms with van der Waals surface area (Å²) in [6, 6.07) is 5.76. The molecule has 1 aromatic heterocycles. The SMILES string of the molecule is CCCCCCCC/C=C\CCCCCCCC(=O)NCc1ccccn1. The monoisotopic (exact) mass is 372 g/mol. The predicted octanol–water partition coefficient (Wildman–Crippen LogP) is 6.74. The van der Waals surface area contributed by atoms with E-state index in [1.807, 2.05) is 18.2 Å². The van der Waals surface area contributed by atoms with Gasteiger partial charge in [0.15, 0.2) is 0 Å². The molecule has 3 heteroatoms. The van der Waals surface area contributed by atoms with Crippen LogP contribution in [0.3, 0.4) is 0 Å². The second kappa shape index (κ2) is 17.8. The van der Waals surface area contributed by atoms with Crippen LogP contribution in [0.25, 0.3) is 0 Å². The molecule has 1 N–H and O–H groups in total. The standard InChI is InChI=1S/C24H40N2O/c1-2-3-4-5-6-7-8-9-10-11-12-13-14-15-16-20-24(27)26-22-23-19-17-18-21-25-23/h9-10,17-19,21H,2-8,11-16,20,22H2,1H3,(H,26,27)/b10-9-. The maximum absolute atomic E-state index is 11.8. The minimum absolute atomic E-state index is 0.137. The van der Waals surface area contributed by atoms with Crippen molar-refractivity contribution in [2.45, 2.75) is 103 Å². The van der Waals surface area contributed by atoms with Crippen molar-refractivity contribution in [3.8, 4) is 0 Å². The van der Waals surface area contributed by atoms with Crippen LogP contribution in [0.2, 0.25) is 0 Å². The first-order chi connectivity index (χ1) is 13.3. The van der Waals surface area contributed by atoms with Crippen molar-refractivity contribution in [2.24, 2.45) is 0 Å². The van der Waals surface area contributed by atoms with Crippen LogP contribution in [0.1, 0.15) is 103 Å². The van der Waals surface area contributed by atoms with E-state index in [2.05, 4.69) is 29.4 Å². The van der Waals surface area contributed by atoms with Crippen molar-refractivity contribution in [1.29, 1.82) is 0 Å². The first kappa shape index (κ1) is 23.4. The molecule has 0 aromatic carbocycles. The zero-order chi connectivity index (χ0) is 19.4. The Morgan fingerprint density at radius 1 is 0.889 bits per heavy atom. The number of aromatic nitrogens is 1. The minimum Gasteiger partial charge on any atom is -0.350 e. The Hall–Kier alpha value is -1.64. The topological polar surface area (TPSA) is 42.0 Å². The molecular formula is C24H40N2O. The summed E-state index contributed by atoms with van der Waals surface area (Å²) in [7, 11) is 0. The highest BCUT2D eigenvalue weighted by atomic mass is 16.1. The van der Waals surface area contributed by atoms with E-state index >= 15 is 0 Å². The van der Waals surface area contributed by atoms with Crippen LogP contribution >= 0.6 is 0 Å². The molecule has 0 spiro atoms. The van der Waals surface area contributed by atoms with E-state index in [-0.39, 0.29) is 5.91 Å². The van der Waals surface area contributed by atoms with Gasteiger partial charge in [0.05, 0.1) is 12.2 Å². The van der Waals surface area contributed by atoms with Gasteiger partial charge in [-0.15, -0.1) is 0 Å². The Morgan fingerprint density at radius 3 is 2.15 bits per heavy atom. The molecule has 0 aliphatic heterocycles. The van der Waals surface area contributed by atoms with Crippen molar-refractivity contribution in [3.63, 3.8) is 0 Å². The first-order valence-corrected chi connectivity index (χ1v) is 11.1. The van der Waals surface area contributed by atoms with Gasteiger partial charge in [0, 0.05) is 12.6 Å². The lowest BCUT2D eigenvalue weighted by molar-refractivity contribution is -0.121. The number of rotatable bonds is 17. The van der Waals surface area contributed by atoms with Crippen LogP contribution in [-0.2, 0) is 11.3 Å². The van der Waals surface area contributed by atoms with E-state index in [1.165, 1.54) is 70.6 Å². The molecule has 0 aliphatic carbocycles. The number of carbonyl (C=O) groups excluding carboxylic acids is 1. The Kier molecular flexibility index (Phi) is 15.4. The van der Waals surface area contributed by atoms with Gasteiger partial charge in [-0.25, -0.2) is 0 Å². The molecular weight excluding hydrogens is 332 g/mol.